The molecule has 0 bridgehead atoms. The summed E-state index contributed by atoms with van der Waals surface area (Å²) in [4.78, 5) is 15.3. The number of nitrogens with one attached hydrogen (secondary N) is 1. The van der Waals surface area contributed by atoms with Gasteiger partial charge < -0.3 is 10.2 Å². The van der Waals surface area contributed by atoms with Crippen LogP contribution in [-0.2, 0) is 7.05 Å². The molecule has 1 aromatic heterocycles. The van der Waals surface area contributed by atoms with Gasteiger partial charge in [0.1, 0.15) is 0 Å². The maximum Gasteiger partial charge on any atom is 0.253 e. The lowest BCUT2D eigenvalue weighted by Gasteiger charge is -2.40. The van der Waals surface area contributed by atoms with Gasteiger partial charge in [0.2, 0.25) is 0 Å². The van der Waals surface area contributed by atoms with E-state index in [2.05, 4.69) is 39.6 Å². The van der Waals surface area contributed by atoms with E-state index in [0.29, 0.717) is 0 Å². The summed E-state index contributed by atoms with van der Waals surface area (Å²) in [6.07, 6.45) is 5.40. The van der Waals surface area contributed by atoms with Gasteiger partial charge in [0.15, 0.2) is 0 Å². The smallest absolute Gasteiger partial charge is 0.253 e. The molecule has 1 unspecified atom stereocenters. The number of amides is 1. The maximum absolute atomic E-state index is 13.2. The molecular weight excluding hydrogens is 384 g/mol. The van der Waals surface area contributed by atoms with Gasteiger partial charge in [0.25, 0.3) is 5.91 Å². The summed E-state index contributed by atoms with van der Waals surface area (Å²) >= 11 is 0. The van der Waals surface area contributed by atoms with Gasteiger partial charge in [-0.25, -0.2) is 0 Å². The Labute approximate surface area is 177 Å². The molecule has 3 aromatic rings. The fraction of sp³-hybridized carbons (Fsp3) is 0.391. The highest BCUT2D eigenvalue weighted by Gasteiger charge is 2.39. The number of hydrogen-bond donors (Lipinski definition) is 1. The van der Waals surface area contributed by atoms with Crippen molar-refractivity contribution in [3.05, 3.63) is 54.2 Å². The normalized spacial score (nSPS) is 21.5. The Morgan fingerprint density at radius 3 is 2.83 bits per heavy atom. The van der Waals surface area contributed by atoms with E-state index >= 15 is 0 Å². The zero-order chi connectivity index (χ0) is 19.1. The minimum absolute atomic E-state index is 0. The zero-order valence-corrected chi connectivity index (χ0v) is 17.5. The van der Waals surface area contributed by atoms with Crippen LogP contribution in [0.1, 0.15) is 29.6 Å². The third-order valence-corrected chi connectivity index (χ3v) is 6.47. The summed E-state index contributed by atoms with van der Waals surface area (Å²) in [6.45, 7) is 3.87. The second-order valence-corrected chi connectivity index (χ2v) is 8.38. The molecular formula is C23H27ClN4O. The van der Waals surface area contributed by atoms with Crippen LogP contribution in [0.4, 0.5) is 0 Å². The Balaban J connectivity index is 0.00000205. The molecule has 2 aliphatic rings. The number of piperidine rings is 1. The standard InChI is InChI=1S/C23H26N4O.ClH/c1-26-21-7-6-18(13-20(21)14-25-26)17-4-2-5-19(12-17)22(28)27-11-3-8-23(16-27)9-10-24-15-23;/h2,4-7,12-14,24H,3,8-11,15-16H2,1H3;1H. The molecule has 5 rings (SSSR count). The summed E-state index contributed by atoms with van der Waals surface area (Å²) in [5, 5.41) is 8.92. The van der Waals surface area contributed by atoms with E-state index in [1.807, 2.05) is 36.1 Å². The molecule has 5 nitrogen and oxygen atoms in total. The van der Waals surface area contributed by atoms with E-state index in [4.69, 9.17) is 0 Å². The largest absolute Gasteiger partial charge is 0.338 e. The number of carbonyl (C=O) groups excluding carboxylic acids is 1. The fourth-order valence-corrected chi connectivity index (χ4v) is 4.88. The second-order valence-electron chi connectivity index (χ2n) is 8.38. The average Bonchev–Trinajstić information content (AvgIpc) is 3.34. The Morgan fingerprint density at radius 2 is 2.00 bits per heavy atom. The Bertz CT molecular complexity index is 1040. The average molecular weight is 411 g/mol. The highest BCUT2D eigenvalue weighted by molar-refractivity contribution is 5.96. The number of nitrogens with zero attached hydrogens (tertiary/aromatic N) is 3. The van der Waals surface area contributed by atoms with Crippen LogP contribution in [-0.4, -0.2) is 46.8 Å². The van der Waals surface area contributed by atoms with E-state index < -0.39 is 0 Å². The second kappa shape index (κ2) is 7.81. The van der Waals surface area contributed by atoms with E-state index in [9.17, 15) is 4.79 Å². The van der Waals surface area contributed by atoms with Crippen molar-refractivity contribution < 1.29 is 4.79 Å². The van der Waals surface area contributed by atoms with Crippen LogP contribution in [0.15, 0.2) is 48.7 Å². The lowest BCUT2D eigenvalue weighted by Crippen LogP contribution is -2.47. The van der Waals surface area contributed by atoms with Crippen molar-refractivity contribution >= 4 is 29.2 Å². The Morgan fingerprint density at radius 1 is 1.14 bits per heavy atom. The first-order valence-electron chi connectivity index (χ1n) is 10.2. The highest BCUT2D eigenvalue weighted by Crippen LogP contribution is 2.36. The molecule has 152 valence electrons. The van der Waals surface area contributed by atoms with Gasteiger partial charge in [0, 0.05) is 43.0 Å². The maximum atomic E-state index is 13.2. The van der Waals surface area contributed by atoms with Gasteiger partial charge in [-0.3, -0.25) is 9.48 Å². The van der Waals surface area contributed by atoms with Crippen LogP contribution in [0, 0.1) is 5.41 Å². The highest BCUT2D eigenvalue weighted by atomic mass is 35.5. The number of aryl methyl sites for hydroxylation is 1. The molecule has 0 saturated carbocycles. The van der Waals surface area contributed by atoms with Gasteiger partial charge in [-0.1, -0.05) is 18.2 Å². The first kappa shape index (κ1) is 19.9. The molecule has 2 saturated heterocycles. The molecule has 6 heteroatoms. The minimum Gasteiger partial charge on any atom is -0.338 e. The quantitative estimate of drug-likeness (QED) is 0.697. The lowest BCUT2D eigenvalue weighted by atomic mass is 9.79. The van der Waals surface area contributed by atoms with Gasteiger partial charge >= 0.3 is 0 Å². The summed E-state index contributed by atoms with van der Waals surface area (Å²) in [6, 6.07) is 14.4. The first-order valence-corrected chi connectivity index (χ1v) is 10.2. The minimum atomic E-state index is 0. The van der Waals surface area contributed by atoms with Gasteiger partial charge in [-0.15, -0.1) is 12.4 Å². The summed E-state index contributed by atoms with van der Waals surface area (Å²) in [5.41, 5.74) is 4.37. The van der Waals surface area contributed by atoms with E-state index in [0.717, 1.165) is 60.2 Å². The van der Waals surface area contributed by atoms with E-state index in [1.165, 1.54) is 12.8 Å². The molecule has 1 amide bonds. The zero-order valence-electron chi connectivity index (χ0n) is 16.7. The number of fused-ring (bicyclic) bond motifs is 1. The van der Waals surface area contributed by atoms with Crippen LogP contribution >= 0.6 is 12.4 Å². The number of aromatic nitrogens is 2. The monoisotopic (exact) mass is 410 g/mol. The first-order chi connectivity index (χ1) is 13.6. The lowest BCUT2D eigenvalue weighted by molar-refractivity contribution is 0.0553. The Hall–Kier alpha value is -2.37. The molecule has 2 aromatic carbocycles. The predicted molar refractivity (Wildman–Crippen MR) is 118 cm³/mol. The molecule has 1 N–H and O–H groups in total. The van der Waals surface area contributed by atoms with Crippen LogP contribution in [0.5, 0.6) is 0 Å². The van der Waals surface area contributed by atoms with Crippen LogP contribution in [0.3, 0.4) is 0 Å². The Kier molecular flexibility index (Phi) is 5.36. The fourth-order valence-electron chi connectivity index (χ4n) is 4.88. The van der Waals surface area contributed by atoms with Crippen molar-refractivity contribution in [3.63, 3.8) is 0 Å². The molecule has 0 aliphatic carbocycles. The molecule has 2 fully saturated rings. The van der Waals surface area contributed by atoms with Crippen LogP contribution in [0.2, 0.25) is 0 Å². The summed E-state index contributed by atoms with van der Waals surface area (Å²) in [7, 11) is 1.95. The number of hydrogen-bond acceptors (Lipinski definition) is 3. The van der Waals surface area contributed by atoms with Crippen LogP contribution in [0.25, 0.3) is 22.0 Å². The van der Waals surface area contributed by atoms with E-state index in [-0.39, 0.29) is 23.7 Å². The van der Waals surface area contributed by atoms with Gasteiger partial charge in [0.05, 0.1) is 11.7 Å². The van der Waals surface area contributed by atoms with Crippen molar-refractivity contribution in [1.82, 2.24) is 20.0 Å². The third kappa shape index (κ3) is 3.65. The number of carbonyl (C=O) groups is 1. The topological polar surface area (TPSA) is 50.2 Å². The van der Waals surface area contributed by atoms with Crippen molar-refractivity contribution in [3.8, 4) is 11.1 Å². The van der Waals surface area contributed by atoms with E-state index in [1.54, 1.807) is 0 Å². The number of halogens is 1. The molecule has 3 heterocycles. The molecule has 1 spiro atoms. The predicted octanol–water partition coefficient (Wildman–Crippen LogP) is 3.88. The van der Waals surface area contributed by atoms with Gasteiger partial charge in [-0.2, -0.15) is 5.10 Å². The molecule has 0 radical (unpaired) electrons. The molecule has 1 atom stereocenters. The third-order valence-electron chi connectivity index (χ3n) is 6.47. The van der Waals surface area contributed by atoms with Crippen molar-refractivity contribution in [1.29, 1.82) is 0 Å². The number of rotatable bonds is 2. The van der Waals surface area contributed by atoms with Gasteiger partial charge in [-0.05, 0) is 61.2 Å². The summed E-state index contributed by atoms with van der Waals surface area (Å²) in [5.74, 6) is 0.162. The number of benzene rings is 2. The van der Waals surface area contributed by atoms with Crippen LogP contribution < -0.4 is 5.32 Å². The SMILES string of the molecule is Cl.Cn1ncc2cc(-c3cccc(C(=O)N4CCCC5(CCNC5)C4)c3)ccc21. The summed E-state index contributed by atoms with van der Waals surface area (Å²) < 4.78 is 1.88. The molecule has 29 heavy (non-hydrogen) atoms. The van der Waals surface area contributed by atoms with Crippen molar-refractivity contribution in [2.24, 2.45) is 12.5 Å². The van der Waals surface area contributed by atoms with Crippen molar-refractivity contribution in [2.45, 2.75) is 19.3 Å². The number of likely N-dealkylation sites (tertiary alicyclic amines) is 1. The molecule has 2 aliphatic heterocycles. The van der Waals surface area contributed by atoms with Crippen molar-refractivity contribution in [2.75, 3.05) is 26.2 Å².